The largest absolute Gasteiger partial charge is 0.449 e. The molecule has 0 fully saturated rings. The maximum atomic E-state index is 12.1. The standard InChI is InChI=1S/C20H21NO3S/c1-25-11-10-14(12-22)21-20(23)24-13-19-17-8-4-2-6-15(17)16-7-3-5-9-18(16)19/h2-9,12,14,19H,10-11,13H2,1H3,(H,21,23). The van der Waals surface area contributed by atoms with Crippen LogP contribution < -0.4 is 5.32 Å². The molecule has 0 saturated carbocycles. The highest BCUT2D eigenvalue weighted by Crippen LogP contribution is 2.44. The Morgan fingerprint density at radius 3 is 2.32 bits per heavy atom. The normalized spacial score (nSPS) is 13.6. The summed E-state index contributed by atoms with van der Waals surface area (Å²) in [7, 11) is 0. The van der Waals surface area contributed by atoms with Crippen LogP contribution >= 0.6 is 11.8 Å². The second-order valence-electron chi connectivity index (χ2n) is 5.99. The highest BCUT2D eigenvalue weighted by molar-refractivity contribution is 7.98. The maximum absolute atomic E-state index is 12.1. The predicted molar refractivity (Wildman–Crippen MR) is 101 cm³/mol. The molecule has 0 radical (unpaired) electrons. The monoisotopic (exact) mass is 355 g/mol. The second-order valence-corrected chi connectivity index (χ2v) is 6.98. The lowest BCUT2D eigenvalue weighted by molar-refractivity contribution is -0.109. The Hall–Kier alpha value is -2.27. The lowest BCUT2D eigenvalue weighted by Gasteiger charge is -2.16. The van der Waals surface area contributed by atoms with Gasteiger partial charge in [-0.05, 0) is 40.7 Å². The van der Waals surface area contributed by atoms with Gasteiger partial charge in [0.2, 0.25) is 0 Å². The third-order valence-electron chi connectivity index (χ3n) is 4.44. The minimum absolute atomic E-state index is 0.0269. The zero-order chi connectivity index (χ0) is 17.6. The molecule has 1 amide bonds. The van der Waals surface area contributed by atoms with Crippen molar-refractivity contribution in [3.63, 3.8) is 0 Å². The fraction of sp³-hybridized carbons (Fsp3) is 0.300. The van der Waals surface area contributed by atoms with Crippen molar-refractivity contribution in [2.45, 2.75) is 18.4 Å². The first-order valence-corrected chi connectivity index (χ1v) is 9.69. The highest BCUT2D eigenvalue weighted by Gasteiger charge is 2.29. The van der Waals surface area contributed by atoms with E-state index in [1.54, 1.807) is 11.8 Å². The van der Waals surface area contributed by atoms with Gasteiger partial charge in [0.1, 0.15) is 12.9 Å². The molecule has 130 valence electrons. The van der Waals surface area contributed by atoms with Crippen LogP contribution in [0.25, 0.3) is 11.1 Å². The number of benzene rings is 2. The van der Waals surface area contributed by atoms with Gasteiger partial charge in [0, 0.05) is 5.92 Å². The number of ether oxygens (including phenoxy) is 1. The molecule has 0 aliphatic heterocycles. The number of hydrogen-bond donors (Lipinski definition) is 1. The van der Waals surface area contributed by atoms with E-state index in [0.29, 0.717) is 6.42 Å². The Balaban J connectivity index is 1.67. The van der Waals surface area contributed by atoms with Crippen LogP contribution in [0.4, 0.5) is 4.79 Å². The van der Waals surface area contributed by atoms with Crippen molar-refractivity contribution in [3.05, 3.63) is 59.7 Å². The molecule has 4 nitrogen and oxygen atoms in total. The summed E-state index contributed by atoms with van der Waals surface area (Å²) in [6.07, 6.45) is 2.79. The molecule has 1 aliphatic carbocycles. The molecular weight excluding hydrogens is 334 g/mol. The quantitative estimate of drug-likeness (QED) is 0.767. The fourth-order valence-electron chi connectivity index (χ4n) is 3.21. The van der Waals surface area contributed by atoms with Crippen LogP contribution in [0.2, 0.25) is 0 Å². The van der Waals surface area contributed by atoms with Crippen molar-refractivity contribution in [1.29, 1.82) is 0 Å². The predicted octanol–water partition coefficient (Wildman–Crippen LogP) is 3.85. The molecule has 0 bridgehead atoms. The van der Waals surface area contributed by atoms with E-state index in [-0.39, 0.29) is 12.5 Å². The van der Waals surface area contributed by atoms with Gasteiger partial charge >= 0.3 is 6.09 Å². The molecule has 25 heavy (non-hydrogen) atoms. The smallest absolute Gasteiger partial charge is 0.407 e. The average Bonchev–Trinajstić information content (AvgIpc) is 2.97. The highest BCUT2D eigenvalue weighted by atomic mass is 32.2. The summed E-state index contributed by atoms with van der Waals surface area (Å²) in [5.41, 5.74) is 4.73. The maximum Gasteiger partial charge on any atom is 0.407 e. The van der Waals surface area contributed by atoms with E-state index < -0.39 is 12.1 Å². The van der Waals surface area contributed by atoms with Crippen molar-refractivity contribution >= 4 is 24.1 Å². The van der Waals surface area contributed by atoms with Gasteiger partial charge in [-0.2, -0.15) is 11.8 Å². The van der Waals surface area contributed by atoms with E-state index >= 15 is 0 Å². The lowest BCUT2D eigenvalue weighted by Crippen LogP contribution is -2.37. The van der Waals surface area contributed by atoms with Crippen LogP contribution in [0.15, 0.2) is 48.5 Å². The molecule has 0 heterocycles. The van der Waals surface area contributed by atoms with Crippen molar-refractivity contribution < 1.29 is 14.3 Å². The van der Waals surface area contributed by atoms with Crippen molar-refractivity contribution in [2.24, 2.45) is 0 Å². The Morgan fingerprint density at radius 1 is 1.16 bits per heavy atom. The average molecular weight is 355 g/mol. The number of hydrogen-bond acceptors (Lipinski definition) is 4. The molecule has 2 aromatic carbocycles. The summed E-state index contributed by atoms with van der Waals surface area (Å²) in [6, 6.07) is 15.9. The summed E-state index contributed by atoms with van der Waals surface area (Å²) >= 11 is 1.64. The van der Waals surface area contributed by atoms with E-state index in [9.17, 15) is 9.59 Å². The first-order valence-electron chi connectivity index (χ1n) is 8.30. The molecule has 0 aromatic heterocycles. The van der Waals surface area contributed by atoms with Gasteiger partial charge in [0.15, 0.2) is 0 Å². The van der Waals surface area contributed by atoms with Gasteiger partial charge in [-0.15, -0.1) is 0 Å². The summed E-state index contributed by atoms with van der Waals surface area (Å²) < 4.78 is 5.44. The Labute approximate surface area is 152 Å². The third kappa shape index (κ3) is 3.87. The first kappa shape index (κ1) is 17.5. The van der Waals surface area contributed by atoms with Gasteiger partial charge in [0.05, 0.1) is 6.04 Å². The number of thioether (sulfide) groups is 1. The van der Waals surface area contributed by atoms with Crippen LogP contribution in [0.5, 0.6) is 0 Å². The van der Waals surface area contributed by atoms with E-state index in [0.717, 1.165) is 12.0 Å². The third-order valence-corrected chi connectivity index (χ3v) is 5.09. The molecule has 2 aromatic rings. The van der Waals surface area contributed by atoms with Crippen molar-refractivity contribution in [1.82, 2.24) is 5.32 Å². The van der Waals surface area contributed by atoms with Gasteiger partial charge in [0.25, 0.3) is 0 Å². The van der Waals surface area contributed by atoms with Crippen LogP contribution in [-0.2, 0) is 9.53 Å². The van der Waals surface area contributed by atoms with Gasteiger partial charge in [-0.25, -0.2) is 4.79 Å². The molecule has 1 unspecified atom stereocenters. The Kier molecular flexibility index (Phi) is 5.76. The summed E-state index contributed by atoms with van der Waals surface area (Å²) in [6.45, 7) is 0.258. The molecule has 0 saturated heterocycles. The van der Waals surface area contributed by atoms with Gasteiger partial charge < -0.3 is 14.8 Å². The van der Waals surface area contributed by atoms with Gasteiger partial charge in [-0.1, -0.05) is 48.5 Å². The lowest BCUT2D eigenvalue weighted by atomic mass is 9.98. The Bertz CT molecular complexity index is 717. The van der Waals surface area contributed by atoms with Crippen LogP contribution in [-0.4, -0.2) is 37.0 Å². The number of nitrogens with one attached hydrogen (secondary N) is 1. The summed E-state index contributed by atoms with van der Waals surface area (Å²) in [5.74, 6) is 0.839. The number of aldehydes is 1. The van der Waals surface area contributed by atoms with Crippen LogP contribution in [0, 0.1) is 0 Å². The van der Waals surface area contributed by atoms with Gasteiger partial charge in [-0.3, -0.25) is 0 Å². The Morgan fingerprint density at radius 2 is 1.76 bits per heavy atom. The number of rotatable bonds is 7. The zero-order valence-corrected chi connectivity index (χ0v) is 14.9. The molecule has 0 spiro atoms. The number of alkyl carbamates (subject to hydrolysis) is 1. The number of carbonyl (C=O) groups is 2. The SMILES string of the molecule is CSCCC(C=O)NC(=O)OCC1c2ccccc2-c2ccccc21. The van der Waals surface area contributed by atoms with E-state index in [1.807, 2.05) is 30.5 Å². The molecular formula is C20H21NO3S. The zero-order valence-electron chi connectivity index (χ0n) is 14.1. The number of fused-ring (bicyclic) bond motifs is 3. The van der Waals surface area contributed by atoms with Crippen molar-refractivity contribution in [2.75, 3.05) is 18.6 Å². The molecule has 1 atom stereocenters. The minimum atomic E-state index is -0.542. The van der Waals surface area contributed by atoms with E-state index in [1.165, 1.54) is 22.3 Å². The molecule has 5 heteroatoms. The van der Waals surface area contributed by atoms with Crippen LogP contribution in [0.3, 0.4) is 0 Å². The van der Waals surface area contributed by atoms with Crippen molar-refractivity contribution in [3.8, 4) is 11.1 Å². The van der Waals surface area contributed by atoms with E-state index in [4.69, 9.17) is 4.74 Å². The molecule has 1 N–H and O–H groups in total. The second kappa shape index (κ2) is 8.21. The number of amides is 1. The topological polar surface area (TPSA) is 55.4 Å². The molecule has 3 rings (SSSR count). The van der Waals surface area contributed by atoms with E-state index in [2.05, 4.69) is 29.6 Å². The van der Waals surface area contributed by atoms with Crippen LogP contribution in [0.1, 0.15) is 23.5 Å². The first-order chi connectivity index (χ1) is 12.2. The minimum Gasteiger partial charge on any atom is -0.449 e. The fourth-order valence-corrected chi connectivity index (χ4v) is 3.70. The summed E-state index contributed by atoms with van der Waals surface area (Å²) in [4.78, 5) is 23.1. The number of carbonyl (C=O) groups excluding carboxylic acids is 2. The molecule has 1 aliphatic rings. The summed E-state index contributed by atoms with van der Waals surface area (Å²) in [5, 5.41) is 2.63.